The van der Waals surface area contributed by atoms with Gasteiger partial charge >= 0.3 is 0 Å². The molecule has 0 aliphatic rings. The first-order valence-electron chi connectivity index (χ1n) is 7.33. The van der Waals surface area contributed by atoms with Gasteiger partial charge in [-0.15, -0.1) is 0 Å². The zero-order valence-corrected chi connectivity index (χ0v) is 13.3. The van der Waals surface area contributed by atoms with Gasteiger partial charge in [-0.05, 0) is 49.2 Å². The van der Waals surface area contributed by atoms with Crippen LogP contribution in [0.1, 0.15) is 34.8 Å². The average molecular weight is 327 g/mol. The molecular weight excluding hydrogens is 310 g/mol. The summed E-state index contributed by atoms with van der Waals surface area (Å²) in [4.78, 5) is 22.6. The molecule has 0 aromatic heterocycles. The van der Waals surface area contributed by atoms with Crippen LogP contribution in [-0.4, -0.2) is 21.6 Å². The lowest BCUT2D eigenvalue weighted by Gasteiger charge is -2.06. The largest absolute Gasteiger partial charge is 0.508 e. The number of hydrogen-bond donors (Lipinski definition) is 2. The number of nitrogens with one attached hydrogen (secondary N) is 1. The first-order valence-corrected chi connectivity index (χ1v) is 7.33. The molecule has 0 bridgehead atoms. The summed E-state index contributed by atoms with van der Waals surface area (Å²) in [6.45, 7) is 3.49. The molecule has 1 amide bonds. The average Bonchev–Trinajstić information content (AvgIpc) is 2.56. The van der Waals surface area contributed by atoms with E-state index in [1.54, 1.807) is 19.1 Å². The molecule has 2 aromatic carbocycles. The molecule has 24 heavy (non-hydrogen) atoms. The summed E-state index contributed by atoms with van der Waals surface area (Å²) in [7, 11) is 0. The zero-order chi connectivity index (χ0) is 17.7. The number of aryl methyl sites for hydroxylation is 1. The lowest BCUT2D eigenvalue weighted by molar-refractivity contribution is -0.385. The summed E-state index contributed by atoms with van der Waals surface area (Å²) in [6.07, 6.45) is 0.569. The number of benzene rings is 2. The molecule has 0 aliphatic heterocycles. The Hall–Kier alpha value is -3.22. The molecule has 0 radical (unpaired) electrons. The molecule has 0 unspecified atom stereocenters. The topological polar surface area (TPSA) is 105 Å². The number of phenolic OH excluding ortho intramolecular Hbond substituents is 1. The Morgan fingerprint density at radius 1 is 1.21 bits per heavy atom. The van der Waals surface area contributed by atoms with Gasteiger partial charge in [-0.3, -0.25) is 14.9 Å². The highest BCUT2D eigenvalue weighted by molar-refractivity contribution is 6.02. The third-order valence-electron chi connectivity index (χ3n) is 3.50. The third-order valence-corrected chi connectivity index (χ3v) is 3.50. The van der Waals surface area contributed by atoms with Gasteiger partial charge in [0.2, 0.25) is 0 Å². The van der Waals surface area contributed by atoms with Crippen molar-refractivity contribution in [1.82, 2.24) is 5.43 Å². The number of nitrogens with zero attached hydrogens (tertiary/aromatic N) is 2. The van der Waals surface area contributed by atoms with E-state index in [2.05, 4.69) is 10.5 Å². The predicted molar refractivity (Wildman–Crippen MR) is 90.2 cm³/mol. The second-order valence-electron chi connectivity index (χ2n) is 5.16. The van der Waals surface area contributed by atoms with E-state index in [9.17, 15) is 20.0 Å². The Kier molecular flexibility index (Phi) is 5.26. The minimum Gasteiger partial charge on any atom is -0.508 e. The SMILES string of the molecule is CC/C(=N\NC(=O)c1ccc(C)c([N+](=O)[O-])c1)c1ccc(O)cc1. The van der Waals surface area contributed by atoms with Crippen molar-refractivity contribution >= 4 is 17.3 Å². The standard InChI is InChI=1S/C17H17N3O4/c1-3-15(12-6-8-14(21)9-7-12)18-19-17(22)13-5-4-11(2)16(10-13)20(23)24/h4-10,21H,3H2,1-2H3,(H,19,22)/b18-15+. The summed E-state index contributed by atoms with van der Waals surface area (Å²) in [5.41, 5.74) is 4.35. The number of nitro groups is 1. The van der Waals surface area contributed by atoms with Crippen LogP contribution in [0.4, 0.5) is 5.69 Å². The van der Waals surface area contributed by atoms with Gasteiger partial charge in [-0.25, -0.2) is 5.43 Å². The van der Waals surface area contributed by atoms with Gasteiger partial charge in [-0.2, -0.15) is 5.10 Å². The van der Waals surface area contributed by atoms with E-state index in [0.717, 1.165) is 5.56 Å². The van der Waals surface area contributed by atoms with Crippen molar-refractivity contribution in [2.45, 2.75) is 20.3 Å². The molecule has 2 aromatic rings. The van der Waals surface area contributed by atoms with Gasteiger partial charge in [0.1, 0.15) is 5.75 Å². The second kappa shape index (κ2) is 7.36. The highest BCUT2D eigenvalue weighted by atomic mass is 16.6. The third kappa shape index (κ3) is 3.95. The van der Waals surface area contributed by atoms with E-state index in [4.69, 9.17) is 0 Å². The molecule has 0 saturated carbocycles. The van der Waals surface area contributed by atoms with Gasteiger partial charge in [0.05, 0.1) is 10.6 Å². The Labute approximate surface area is 138 Å². The minimum absolute atomic E-state index is 0.110. The number of carbonyl (C=O) groups excluding carboxylic acids is 1. The Balaban J connectivity index is 2.20. The minimum atomic E-state index is -0.525. The fourth-order valence-electron chi connectivity index (χ4n) is 2.13. The summed E-state index contributed by atoms with van der Waals surface area (Å²) in [5, 5.41) is 24.3. The molecule has 0 fully saturated rings. The van der Waals surface area contributed by atoms with Crippen LogP contribution in [0.2, 0.25) is 0 Å². The quantitative estimate of drug-likeness (QED) is 0.500. The number of carbonyl (C=O) groups is 1. The van der Waals surface area contributed by atoms with Crippen LogP contribution < -0.4 is 5.43 Å². The molecule has 2 rings (SSSR count). The van der Waals surface area contributed by atoms with Crippen molar-refractivity contribution < 1.29 is 14.8 Å². The number of hydrogen-bond acceptors (Lipinski definition) is 5. The Morgan fingerprint density at radius 2 is 1.83 bits per heavy atom. The molecule has 2 N–H and O–H groups in total. The van der Waals surface area contributed by atoms with Crippen molar-refractivity contribution in [3.05, 3.63) is 69.3 Å². The maximum absolute atomic E-state index is 12.2. The summed E-state index contributed by atoms with van der Waals surface area (Å²) >= 11 is 0. The van der Waals surface area contributed by atoms with Crippen LogP contribution in [0, 0.1) is 17.0 Å². The van der Waals surface area contributed by atoms with Crippen LogP contribution in [0.25, 0.3) is 0 Å². The molecule has 0 saturated heterocycles. The fraction of sp³-hybridized carbons (Fsp3) is 0.176. The predicted octanol–water partition coefficient (Wildman–Crippen LogP) is 3.15. The Morgan fingerprint density at radius 3 is 2.42 bits per heavy atom. The van der Waals surface area contributed by atoms with Gasteiger partial charge in [0.15, 0.2) is 0 Å². The molecule has 0 aliphatic carbocycles. The number of aromatic hydroxyl groups is 1. The van der Waals surface area contributed by atoms with E-state index in [1.807, 2.05) is 6.92 Å². The highest BCUT2D eigenvalue weighted by Crippen LogP contribution is 2.19. The summed E-state index contributed by atoms with van der Waals surface area (Å²) < 4.78 is 0. The smallest absolute Gasteiger partial charge is 0.273 e. The van der Waals surface area contributed by atoms with Crippen LogP contribution in [0.15, 0.2) is 47.6 Å². The van der Waals surface area contributed by atoms with Crippen molar-refractivity contribution in [3.8, 4) is 5.75 Å². The molecule has 0 heterocycles. The highest BCUT2D eigenvalue weighted by Gasteiger charge is 2.15. The number of amides is 1. The molecule has 7 nitrogen and oxygen atoms in total. The van der Waals surface area contributed by atoms with Crippen LogP contribution >= 0.6 is 0 Å². The normalized spacial score (nSPS) is 11.2. The first-order chi connectivity index (χ1) is 11.4. The van der Waals surface area contributed by atoms with E-state index < -0.39 is 10.8 Å². The number of rotatable bonds is 5. The molecule has 7 heteroatoms. The molecule has 124 valence electrons. The van der Waals surface area contributed by atoms with E-state index in [1.165, 1.54) is 30.3 Å². The Bertz CT molecular complexity index is 798. The number of hydrazone groups is 1. The van der Waals surface area contributed by atoms with Crippen LogP contribution in [-0.2, 0) is 0 Å². The fourth-order valence-corrected chi connectivity index (χ4v) is 2.13. The van der Waals surface area contributed by atoms with E-state index in [0.29, 0.717) is 17.7 Å². The van der Waals surface area contributed by atoms with Crippen LogP contribution in [0.5, 0.6) is 5.75 Å². The lowest BCUT2D eigenvalue weighted by atomic mass is 10.1. The lowest BCUT2D eigenvalue weighted by Crippen LogP contribution is -2.20. The van der Waals surface area contributed by atoms with Crippen molar-refractivity contribution in [3.63, 3.8) is 0 Å². The van der Waals surface area contributed by atoms with Crippen molar-refractivity contribution in [1.29, 1.82) is 0 Å². The molecular formula is C17H17N3O4. The van der Waals surface area contributed by atoms with Crippen molar-refractivity contribution in [2.75, 3.05) is 0 Å². The van der Waals surface area contributed by atoms with Gasteiger partial charge in [0.25, 0.3) is 11.6 Å². The van der Waals surface area contributed by atoms with Gasteiger partial charge < -0.3 is 5.11 Å². The molecule has 0 spiro atoms. The van der Waals surface area contributed by atoms with E-state index in [-0.39, 0.29) is 17.0 Å². The summed E-state index contributed by atoms with van der Waals surface area (Å²) in [5.74, 6) is -0.381. The maximum Gasteiger partial charge on any atom is 0.273 e. The van der Waals surface area contributed by atoms with Gasteiger partial charge in [-0.1, -0.05) is 13.0 Å². The van der Waals surface area contributed by atoms with E-state index >= 15 is 0 Å². The van der Waals surface area contributed by atoms with Crippen LogP contribution in [0.3, 0.4) is 0 Å². The second-order valence-corrected chi connectivity index (χ2v) is 5.16. The molecule has 0 atom stereocenters. The number of phenols is 1. The van der Waals surface area contributed by atoms with Crippen molar-refractivity contribution in [2.24, 2.45) is 5.10 Å². The van der Waals surface area contributed by atoms with Gasteiger partial charge in [0, 0.05) is 17.2 Å². The first kappa shape index (κ1) is 17.1. The monoisotopic (exact) mass is 327 g/mol. The summed E-state index contributed by atoms with van der Waals surface area (Å²) in [6, 6.07) is 10.7. The zero-order valence-electron chi connectivity index (χ0n) is 13.3. The number of nitro benzene ring substituents is 1. The maximum atomic E-state index is 12.2.